The first-order chi connectivity index (χ1) is 11.1. The van der Waals surface area contributed by atoms with Crippen LogP contribution in [0.1, 0.15) is 10.7 Å². The first-order valence-corrected chi connectivity index (χ1v) is 8.65. The van der Waals surface area contributed by atoms with Crippen molar-refractivity contribution in [2.24, 2.45) is 0 Å². The molecule has 0 saturated carbocycles. The third kappa shape index (κ3) is 4.19. The fourth-order valence-electron chi connectivity index (χ4n) is 2.17. The Morgan fingerprint density at radius 3 is 2.61 bits per heavy atom. The van der Waals surface area contributed by atoms with Gasteiger partial charge in [0.2, 0.25) is 0 Å². The van der Waals surface area contributed by atoms with Crippen molar-refractivity contribution in [3.8, 4) is 17.2 Å². The van der Waals surface area contributed by atoms with E-state index in [-0.39, 0.29) is 0 Å². The molecule has 0 atom stereocenters. The molecule has 120 valence electrons. The summed E-state index contributed by atoms with van der Waals surface area (Å²) in [4.78, 5) is 7.90. The van der Waals surface area contributed by atoms with E-state index in [0.717, 1.165) is 21.6 Å². The van der Waals surface area contributed by atoms with Crippen LogP contribution in [0.3, 0.4) is 0 Å². The summed E-state index contributed by atoms with van der Waals surface area (Å²) < 4.78 is 11.6. The Morgan fingerprint density at radius 2 is 1.96 bits per heavy atom. The lowest BCUT2D eigenvalue weighted by atomic mass is 10.2. The van der Waals surface area contributed by atoms with Gasteiger partial charge >= 0.3 is 0 Å². The summed E-state index contributed by atoms with van der Waals surface area (Å²) >= 11 is 5.21. The Kier molecular flexibility index (Phi) is 5.09. The van der Waals surface area contributed by atoms with Gasteiger partial charge in [-0.15, -0.1) is 11.3 Å². The third-order valence-corrected chi connectivity index (χ3v) is 4.88. The molecule has 3 rings (SSSR count). The van der Waals surface area contributed by atoms with Gasteiger partial charge in [0.05, 0.1) is 17.4 Å². The van der Waals surface area contributed by atoms with Gasteiger partial charge in [-0.25, -0.2) is 0 Å². The van der Waals surface area contributed by atoms with E-state index >= 15 is 0 Å². The summed E-state index contributed by atoms with van der Waals surface area (Å²) in [5, 5.41) is 4.06. The Morgan fingerprint density at radius 1 is 1.17 bits per heavy atom. The first-order valence-electron chi connectivity index (χ1n) is 7.04. The van der Waals surface area contributed by atoms with Gasteiger partial charge in [-0.3, -0.25) is 4.90 Å². The zero-order valence-corrected chi connectivity index (χ0v) is 15.2. The number of methoxy groups -OCH3 is 1. The smallest absolute Gasteiger partial charge is 0.257 e. The molecule has 3 aromatic rings. The minimum atomic E-state index is 0.523. The summed E-state index contributed by atoms with van der Waals surface area (Å²) in [7, 11) is 3.68. The maximum atomic E-state index is 5.35. The van der Waals surface area contributed by atoms with E-state index < -0.39 is 0 Å². The molecule has 7 heteroatoms. The van der Waals surface area contributed by atoms with Gasteiger partial charge in [0.1, 0.15) is 5.75 Å². The Hall–Kier alpha value is -1.70. The number of rotatable bonds is 6. The molecule has 0 aliphatic rings. The highest BCUT2D eigenvalue weighted by atomic mass is 79.9. The number of hydrogen-bond acceptors (Lipinski definition) is 6. The van der Waals surface area contributed by atoms with Crippen LogP contribution in [0.15, 0.2) is 44.7 Å². The van der Waals surface area contributed by atoms with Crippen LogP contribution in [0.2, 0.25) is 0 Å². The van der Waals surface area contributed by atoms with E-state index in [1.807, 2.05) is 31.3 Å². The minimum Gasteiger partial charge on any atom is -0.497 e. The minimum absolute atomic E-state index is 0.523. The van der Waals surface area contributed by atoms with Gasteiger partial charge in [-0.2, -0.15) is 4.98 Å². The number of nitrogens with zero attached hydrogens (tertiary/aromatic N) is 3. The van der Waals surface area contributed by atoms with Crippen LogP contribution in [0.4, 0.5) is 0 Å². The van der Waals surface area contributed by atoms with Crippen LogP contribution in [0, 0.1) is 0 Å². The van der Waals surface area contributed by atoms with Crippen molar-refractivity contribution < 1.29 is 9.26 Å². The van der Waals surface area contributed by atoms with Crippen molar-refractivity contribution in [2.45, 2.75) is 13.1 Å². The number of halogens is 1. The summed E-state index contributed by atoms with van der Waals surface area (Å²) in [6, 6.07) is 11.7. The lowest BCUT2D eigenvalue weighted by Crippen LogP contribution is -2.17. The normalized spacial score (nSPS) is 11.1. The second-order valence-corrected chi connectivity index (χ2v) is 7.67. The maximum Gasteiger partial charge on any atom is 0.257 e. The van der Waals surface area contributed by atoms with Crippen molar-refractivity contribution in [3.63, 3.8) is 0 Å². The molecule has 0 spiro atoms. The molecule has 0 radical (unpaired) electrons. The largest absolute Gasteiger partial charge is 0.497 e. The van der Waals surface area contributed by atoms with Gasteiger partial charge in [-0.05, 0) is 59.4 Å². The summed E-state index contributed by atoms with van der Waals surface area (Å²) in [5.74, 6) is 2.00. The molecule has 0 aliphatic carbocycles. The molecule has 5 nitrogen and oxygen atoms in total. The number of thiophene rings is 1. The van der Waals surface area contributed by atoms with Crippen molar-refractivity contribution in [1.82, 2.24) is 15.0 Å². The van der Waals surface area contributed by atoms with Crippen molar-refractivity contribution in [1.29, 1.82) is 0 Å². The molecule has 23 heavy (non-hydrogen) atoms. The summed E-state index contributed by atoms with van der Waals surface area (Å²) in [6.45, 7) is 1.48. The van der Waals surface area contributed by atoms with Crippen LogP contribution < -0.4 is 4.74 Å². The van der Waals surface area contributed by atoms with Gasteiger partial charge in [-0.1, -0.05) is 5.16 Å². The van der Waals surface area contributed by atoms with Gasteiger partial charge < -0.3 is 9.26 Å². The second-order valence-electron chi connectivity index (χ2n) is 5.12. The van der Waals surface area contributed by atoms with E-state index in [4.69, 9.17) is 9.26 Å². The molecule has 0 unspecified atom stereocenters. The predicted octanol–water partition coefficient (Wildman–Crippen LogP) is 4.20. The Bertz CT molecular complexity index is 770. The topological polar surface area (TPSA) is 51.4 Å². The summed E-state index contributed by atoms with van der Waals surface area (Å²) in [6.07, 6.45) is 0. The number of benzene rings is 1. The Labute approximate surface area is 147 Å². The quantitative estimate of drug-likeness (QED) is 0.627. The molecule has 0 N–H and O–H groups in total. The number of hydrogen-bond donors (Lipinski definition) is 0. The van der Waals surface area contributed by atoms with E-state index in [1.54, 1.807) is 18.4 Å². The molecule has 2 heterocycles. The first kappa shape index (κ1) is 16.2. The maximum absolute atomic E-state index is 5.35. The van der Waals surface area contributed by atoms with Crippen molar-refractivity contribution in [3.05, 3.63) is 50.9 Å². The number of ether oxygens (including phenoxy) is 1. The molecular weight excluding hydrogens is 378 g/mol. The Balaban J connectivity index is 1.64. The van der Waals surface area contributed by atoms with Gasteiger partial charge in [0.15, 0.2) is 5.82 Å². The van der Waals surface area contributed by atoms with Gasteiger partial charge in [0, 0.05) is 17.0 Å². The fourth-order valence-corrected chi connectivity index (χ4v) is 3.73. The van der Waals surface area contributed by atoms with E-state index in [9.17, 15) is 0 Å². The highest BCUT2D eigenvalue weighted by Crippen LogP contribution is 2.24. The van der Waals surface area contributed by atoms with E-state index in [0.29, 0.717) is 18.3 Å². The molecule has 2 aromatic heterocycles. The van der Waals surface area contributed by atoms with Crippen LogP contribution in [0.25, 0.3) is 11.5 Å². The monoisotopic (exact) mass is 393 g/mol. The summed E-state index contributed by atoms with van der Waals surface area (Å²) in [5.41, 5.74) is 0.884. The zero-order chi connectivity index (χ0) is 16.2. The molecular formula is C16H16BrN3O2S. The second kappa shape index (κ2) is 7.25. The lowest BCUT2D eigenvalue weighted by Gasteiger charge is -2.12. The lowest BCUT2D eigenvalue weighted by molar-refractivity contribution is 0.304. The molecule has 1 aromatic carbocycles. The van der Waals surface area contributed by atoms with Crippen LogP contribution in [0.5, 0.6) is 5.75 Å². The van der Waals surface area contributed by atoms with Gasteiger partial charge in [0.25, 0.3) is 5.89 Å². The molecule has 0 amide bonds. The van der Waals surface area contributed by atoms with Crippen LogP contribution in [-0.4, -0.2) is 29.2 Å². The fraction of sp³-hybridized carbons (Fsp3) is 0.250. The van der Waals surface area contributed by atoms with E-state index in [2.05, 4.69) is 43.1 Å². The van der Waals surface area contributed by atoms with Crippen LogP contribution in [-0.2, 0) is 13.1 Å². The average Bonchev–Trinajstić information content (AvgIpc) is 3.16. The standard InChI is InChI=1S/C16H16BrN3O2S/c1-20(9-13-7-8-14(17)23-13)10-15-18-16(22-19-15)11-3-5-12(21-2)6-4-11/h3-8H,9-10H2,1-2H3. The third-order valence-electron chi connectivity index (χ3n) is 3.27. The molecule has 0 saturated heterocycles. The van der Waals surface area contributed by atoms with E-state index in [1.165, 1.54) is 4.88 Å². The molecule has 0 fully saturated rings. The molecule has 0 bridgehead atoms. The van der Waals surface area contributed by atoms with Crippen molar-refractivity contribution in [2.75, 3.05) is 14.2 Å². The average molecular weight is 394 g/mol. The highest BCUT2D eigenvalue weighted by molar-refractivity contribution is 9.11. The van der Waals surface area contributed by atoms with Crippen LogP contribution >= 0.6 is 27.3 Å². The predicted molar refractivity (Wildman–Crippen MR) is 93.5 cm³/mol. The zero-order valence-electron chi connectivity index (χ0n) is 12.8. The van der Waals surface area contributed by atoms with Crippen molar-refractivity contribution >= 4 is 27.3 Å². The molecule has 0 aliphatic heterocycles. The number of aromatic nitrogens is 2. The highest BCUT2D eigenvalue weighted by Gasteiger charge is 2.11. The SMILES string of the molecule is COc1ccc(-c2nc(CN(C)Cc3ccc(Br)s3)no2)cc1.